The van der Waals surface area contributed by atoms with Crippen molar-refractivity contribution >= 4 is 45.4 Å². The number of carbonyl (C=O) groups is 1. The van der Waals surface area contributed by atoms with Gasteiger partial charge in [0.05, 0.1) is 10.9 Å². The molecular formula is C21H23IN4O2. The summed E-state index contributed by atoms with van der Waals surface area (Å²) >= 11 is 2.29. The second-order valence-electron chi connectivity index (χ2n) is 7.57. The highest BCUT2D eigenvalue weighted by atomic mass is 127. The first-order chi connectivity index (χ1) is 13.4. The maximum absolute atomic E-state index is 13.5. The molecule has 1 aliphatic rings. The molecule has 1 fully saturated rings. The lowest BCUT2D eigenvalue weighted by molar-refractivity contribution is 0.0752. The van der Waals surface area contributed by atoms with Crippen molar-refractivity contribution in [1.82, 2.24) is 14.9 Å². The number of benzene rings is 1. The van der Waals surface area contributed by atoms with Gasteiger partial charge in [-0.05, 0) is 73.9 Å². The Morgan fingerprint density at radius 2 is 2.14 bits per heavy atom. The molecule has 0 aliphatic heterocycles. The highest BCUT2D eigenvalue weighted by molar-refractivity contribution is 14.1. The number of fused-ring (bicyclic) bond motifs is 1. The third-order valence-electron chi connectivity index (χ3n) is 5.23. The Bertz CT molecular complexity index is 1040. The van der Waals surface area contributed by atoms with Crippen molar-refractivity contribution in [2.24, 2.45) is 0 Å². The van der Waals surface area contributed by atoms with Crippen molar-refractivity contribution in [2.45, 2.75) is 45.7 Å². The summed E-state index contributed by atoms with van der Waals surface area (Å²) < 4.78 is 6.97. The number of furan rings is 1. The van der Waals surface area contributed by atoms with Gasteiger partial charge in [-0.3, -0.25) is 4.79 Å². The normalized spacial score (nSPS) is 14.9. The van der Waals surface area contributed by atoms with Gasteiger partial charge in [-0.25, -0.2) is 9.97 Å². The van der Waals surface area contributed by atoms with Crippen molar-refractivity contribution in [1.29, 1.82) is 0 Å². The van der Waals surface area contributed by atoms with Gasteiger partial charge in [-0.1, -0.05) is 12.1 Å². The van der Waals surface area contributed by atoms with Gasteiger partial charge in [0.15, 0.2) is 0 Å². The average molecular weight is 490 g/mol. The molecule has 2 aromatic heterocycles. The van der Waals surface area contributed by atoms with Crippen LogP contribution in [0.15, 0.2) is 35.0 Å². The number of nitrogens with one attached hydrogen (secondary N) is 1. The quantitative estimate of drug-likeness (QED) is 0.505. The van der Waals surface area contributed by atoms with Gasteiger partial charge in [-0.15, -0.1) is 0 Å². The van der Waals surface area contributed by atoms with Crippen LogP contribution in [0.5, 0.6) is 0 Å². The smallest absolute Gasteiger partial charge is 0.258 e. The molecule has 6 nitrogen and oxygen atoms in total. The van der Waals surface area contributed by atoms with Gasteiger partial charge in [0.1, 0.15) is 17.9 Å². The summed E-state index contributed by atoms with van der Waals surface area (Å²) in [6.45, 7) is 7.11. The number of aryl methyl sites for hydroxylation is 1. The molecule has 1 amide bonds. The molecule has 2 heterocycles. The molecule has 0 atom stereocenters. The fraction of sp³-hybridized carbons (Fsp3) is 0.381. The zero-order valence-corrected chi connectivity index (χ0v) is 18.4. The SMILES string of the molecule is CCN(Cc1cccc(I)c1)C(=O)c1c(C)oc2ncnc(NC3(C)CC3)c12. The minimum atomic E-state index is -0.0589. The maximum atomic E-state index is 13.5. The van der Waals surface area contributed by atoms with Crippen LogP contribution >= 0.6 is 22.6 Å². The zero-order valence-electron chi connectivity index (χ0n) is 16.3. The third-order valence-corrected chi connectivity index (χ3v) is 5.90. The molecule has 0 radical (unpaired) electrons. The van der Waals surface area contributed by atoms with Crippen molar-refractivity contribution in [2.75, 3.05) is 11.9 Å². The minimum Gasteiger partial charge on any atom is -0.442 e. The standard InChI is InChI=1S/C21H23IN4O2/c1-4-26(11-14-6-5-7-15(22)10-14)20(27)16-13(2)28-19-17(16)18(23-12-24-19)25-21(3)8-9-21/h5-7,10,12H,4,8-9,11H2,1-3H3,(H,23,24,25). The van der Waals surface area contributed by atoms with Gasteiger partial charge in [0, 0.05) is 22.2 Å². The highest BCUT2D eigenvalue weighted by Gasteiger charge is 2.38. The third kappa shape index (κ3) is 3.72. The van der Waals surface area contributed by atoms with E-state index < -0.39 is 0 Å². The first-order valence-corrected chi connectivity index (χ1v) is 10.5. The molecule has 0 spiro atoms. The second-order valence-corrected chi connectivity index (χ2v) is 8.82. The van der Waals surface area contributed by atoms with E-state index in [0.717, 1.165) is 22.0 Å². The molecular weight excluding hydrogens is 467 g/mol. The Balaban J connectivity index is 1.72. The summed E-state index contributed by atoms with van der Waals surface area (Å²) in [5.74, 6) is 1.19. The highest BCUT2D eigenvalue weighted by Crippen LogP contribution is 2.40. The van der Waals surface area contributed by atoms with E-state index in [0.29, 0.717) is 41.3 Å². The summed E-state index contributed by atoms with van der Waals surface area (Å²) in [5, 5.41) is 4.15. The number of hydrogen-bond acceptors (Lipinski definition) is 5. The molecule has 0 bridgehead atoms. The molecule has 1 aromatic carbocycles. The van der Waals surface area contributed by atoms with E-state index in [1.807, 2.05) is 36.9 Å². The molecule has 1 N–H and O–H groups in total. The number of halogens is 1. The number of anilines is 1. The Morgan fingerprint density at radius 3 is 2.82 bits per heavy atom. The Hall–Kier alpha value is -2.16. The van der Waals surface area contributed by atoms with Gasteiger partial charge >= 0.3 is 0 Å². The van der Waals surface area contributed by atoms with Crippen LogP contribution in [0, 0.1) is 10.5 Å². The van der Waals surface area contributed by atoms with Crippen LogP contribution in [0.4, 0.5) is 5.82 Å². The van der Waals surface area contributed by atoms with Crippen LogP contribution in [-0.2, 0) is 6.54 Å². The van der Waals surface area contributed by atoms with E-state index in [2.05, 4.69) is 50.9 Å². The summed E-state index contributed by atoms with van der Waals surface area (Å²) in [6.07, 6.45) is 3.66. The second kappa shape index (κ2) is 7.35. The molecule has 3 aromatic rings. The number of amides is 1. The fourth-order valence-electron chi connectivity index (χ4n) is 3.34. The Morgan fingerprint density at radius 1 is 1.36 bits per heavy atom. The average Bonchev–Trinajstić information content (AvgIpc) is 3.27. The topological polar surface area (TPSA) is 71.3 Å². The summed E-state index contributed by atoms with van der Waals surface area (Å²) in [7, 11) is 0. The predicted molar refractivity (Wildman–Crippen MR) is 117 cm³/mol. The fourth-order valence-corrected chi connectivity index (χ4v) is 3.94. The molecule has 1 aliphatic carbocycles. The minimum absolute atomic E-state index is 0.0396. The van der Waals surface area contributed by atoms with E-state index in [4.69, 9.17) is 4.42 Å². The molecule has 0 unspecified atom stereocenters. The molecule has 146 valence electrons. The number of nitrogens with zero attached hydrogens (tertiary/aromatic N) is 3. The van der Waals surface area contributed by atoms with Gasteiger partial charge in [0.25, 0.3) is 5.91 Å². The predicted octanol–water partition coefficient (Wildman–Crippen LogP) is 4.76. The number of hydrogen-bond donors (Lipinski definition) is 1. The van der Waals surface area contributed by atoms with Crippen molar-refractivity contribution < 1.29 is 9.21 Å². The summed E-state index contributed by atoms with van der Waals surface area (Å²) in [4.78, 5) is 24.0. The maximum Gasteiger partial charge on any atom is 0.258 e. The van der Waals surface area contributed by atoms with Crippen LogP contribution < -0.4 is 5.32 Å². The van der Waals surface area contributed by atoms with Gasteiger partial charge < -0.3 is 14.6 Å². The van der Waals surface area contributed by atoms with Crippen LogP contribution in [0.3, 0.4) is 0 Å². The molecule has 7 heteroatoms. The summed E-state index contributed by atoms with van der Waals surface area (Å²) in [6, 6.07) is 8.20. The van der Waals surface area contributed by atoms with Crippen LogP contribution in [-0.4, -0.2) is 32.9 Å². The van der Waals surface area contributed by atoms with Crippen molar-refractivity contribution in [3.8, 4) is 0 Å². The molecule has 28 heavy (non-hydrogen) atoms. The largest absolute Gasteiger partial charge is 0.442 e. The molecule has 4 rings (SSSR count). The van der Waals surface area contributed by atoms with E-state index in [9.17, 15) is 4.79 Å². The van der Waals surface area contributed by atoms with E-state index in [-0.39, 0.29) is 11.4 Å². The first-order valence-electron chi connectivity index (χ1n) is 9.46. The molecule has 1 saturated carbocycles. The number of carbonyl (C=O) groups excluding carboxylic acids is 1. The first kappa shape index (κ1) is 19.2. The van der Waals surface area contributed by atoms with E-state index in [1.54, 1.807) is 0 Å². The summed E-state index contributed by atoms with van der Waals surface area (Å²) in [5.41, 5.74) is 2.15. The van der Waals surface area contributed by atoms with Crippen LogP contribution in [0.25, 0.3) is 11.1 Å². The Kier molecular flexibility index (Phi) is 5.03. The zero-order chi connectivity index (χ0) is 19.9. The van der Waals surface area contributed by atoms with Crippen LogP contribution in [0.2, 0.25) is 0 Å². The van der Waals surface area contributed by atoms with E-state index >= 15 is 0 Å². The van der Waals surface area contributed by atoms with Crippen LogP contribution in [0.1, 0.15) is 48.4 Å². The van der Waals surface area contributed by atoms with Gasteiger partial charge in [0.2, 0.25) is 5.71 Å². The van der Waals surface area contributed by atoms with E-state index in [1.165, 1.54) is 6.33 Å². The number of rotatable bonds is 6. The monoisotopic (exact) mass is 490 g/mol. The lowest BCUT2D eigenvalue weighted by atomic mass is 10.1. The number of aromatic nitrogens is 2. The van der Waals surface area contributed by atoms with Gasteiger partial charge in [-0.2, -0.15) is 0 Å². The lowest BCUT2D eigenvalue weighted by Gasteiger charge is -2.21. The molecule has 0 saturated heterocycles. The van der Waals surface area contributed by atoms with Crippen molar-refractivity contribution in [3.63, 3.8) is 0 Å². The van der Waals surface area contributed by atoms with Crippen molar-refractivity contribution in [3.05, 3.63) is 51.1 Å². The Labute approximate surface area is 177 Å². The lowest BCUT2D eigenvalue weighted by Crippen LogP contribution is -2.31.